The maximum atomic E-state index is 6.07. The van der Waals surface area contributed by atoms with E-state index in [-0.39, 0.29) is 5.41 Å². The largest absolute Gasteiger partial charge is 0.497 e. The molecule has 0 spiro atoms. The number of hydrogen-bond acceptors (Lipinski definition) is 2. The molecule has 1 atom stereocenters. The lowest BCUT2D eigenvalue weighted by atomic mass is 9.77. The summed E-state index contributed by atoms with van der Waals surface area (Å²) in [5.74, 6) is 0.888. The average molecular weight is 269 g/mol. The van der Waals surface area contributed by atoms with Crippen molar-refractivity contribution >= 4 is 0 Å². The molecule has 2 aromatic carbocycles. The van der Waals surface area contributed by atoms with Gasteiger partial charge in [-0.2, -0.15) is 0 Å². The summed E-state index contributed by atoms with van der Waals surface area (Å²) in [6, 6.07) is 16.9. The van der Waals surface area contributed by atoms with Gasteiger partial charge in [-0.25, -0.2) is 0 Å². The summed E-state index contributed by atoms with van der Waals surface area (Å²) in [7, 11) is 1.69. The molecule has 1 unspecified atom stereocenters. The second-order valence-corrected chi connectivity index (χ2v) is 5.66. The van der Waals surface area contributed by atoms with Crippen molar-refractivity contribution < 1.29 is 4.74 Å². The summed E-state index contributed by atoms with van der Waals surface area (Å²) >= 11 is 0. The van der Waals surface area contributed by atoms with Gasteiger partial charge in [0.15, 0.2) is 0 Å². The Balaban J connectivity index is 2.26. The molecule has 0 radical (unpaired) electrons. The van der Waals surface area contributed by atoms with Gasteiger partial charge in [0, 0.05) is 12.0 Å². The van der Waals surface area contributed by atoms with Crippen LogP contribution in [0.1, 0.15) is 23.6 Å². The lowest BCUT2D eigenvalue weighted by Gasteiger charge is -2.29. The summed E-state index contributed by atoms with van der Waals surface area (Å²) in [6.45, 7) is 4.97. The summed E-state index contributed by atoms with van der Waals surface area (Å²) in [5, 5.41) is 0. The van der Waals surface area contributed by atoms with Crippen LogP contribution in [0.25, 0.3) is 0 Å². The second-order valence-electron chi connectivity index (χ2n) is 5.66. The van der Waals surface area contributed by atoms with Crippen LogP contribution < -0.4 is 10.5 Å². The maximum absolute atomic E-state index is 6.07. The Kier molecular flexibility index (Phi) is 4.46. The average Bonchev–Trinajstić information content (AvgIpc) is 2.48. The molecule has 0 saturated carbocycles. The monoisotopic (exact) mass is 269 g/mol. The van der Waals surface area contributed by atoms with Crippen molar-refractivity contribution in [2.24, 2.45) is 5.73 Å². The molecule has 0 aliphatic rings. The van der Waals surface area contributed by atoms with Gasteiger partial charge in [0.25, 0.3) is 0 Å². The number of rotatable bonds is 5. The van der Waals surface area contributed by atoms with Crippen LogP contribution in [0.3, 0.4) is 0 Å². The molecule has 0 aromatic heterocycles. The van der Waals surface area contributed by atoms with E-state index in [2.05, 4.69) is 50.2 Å². The molecule has 0 fully saturated rings. The molecule has 2 nitrogen and oxygen atoms in total. The highest BCUT2D eigenvalue weighted by atomic mass is 16.5. The molecule has 106 valence electrons. The topological polar surface area (TPSA) is 35.2 Å². The van der Waals surface area contributed by atoms with Gasteiger partial charge in [0.05, 0.1) is 7.11 Å². The first-order valence-corrected chi connectivity index (χ1v) is 6.97. The molecule has 0 aliphatic heterocycles. The van der Waals surface area contributed by atoms with Gasteiger partial charge in [-0.1, -0.05) is 48.9 Å². The third-order valence-corrected chi connectivity index (χ3v) is 3.92. The lowest BCUT2D eigenvalue weighted by molar-refractivity contribution is 0.414. The van der Waals surface area contributed by atoms with Crippen LogP contribution in [0.5, 0.6) is 5.75 Å². The van der Waals surface area contributed by atoms with Crippen LogP contribution in [0.4, 0.5) is 0 Å². The van der Waals surface area contributed by atoms with Crippen LogP contribution in [0, 0.1) is 6.92 Å². The number of benzene rings is 2. The Labute approximate surface area is 121 Å². The van der Waals surface area contributed by atoms with E-state index in [0.717, 1.165) is 12.2 Å². The van der Waals surface area contributed by atoms with E-state index in [1.807, 2.05) is 12.1 Å². The molecule has 0 aliphatic carbocycles. The minimum Gasteiger partial charge on any atom is -0.497 e. The first-order valence-electron chi connectivity index (χ1n) is 6.97. The molecular weight excluding hydrogens is 246 g/mol. The molecule has 2 N–H and O–H groups in total. The summed E-state index contributed by atoms with van der Waals surface area (Å²) in [6.07, 6.45) is 0.928. The van der Waals surface area contributed by atoms with Crippen molar-refractivity contribution in [2.75, 3.05) is 13.7 Å². The Morgan fingerprint density at radius 1 is 1.10 bits per heavy atom. The zero-order chi connectivity index (χ0) is 14.6. The Hall–Kier alpha value is -1.80. The fourth-order valence-electron chi connectivity index (χ4n) is 2.51. The van der Waals surface area contributed by atoms with E-state index in [1.165, 1.54) is 16.7 Å². The maximum Gasteiger partial charge on any atom is 0.118 e. The third kappa shape index (κ3) is 3.20. The second kappa shape index (κ2) is 6.10. The van der Waals surface area contributed by atoms with E-state index in [9.17, 15) is 0 Å². The van der Waals surface area contributed by atoms with Gasteiger partial charge in [-0.3, -0.25) is 0 Å². The smallest absolute Gasteiger partial charge is 0.118 e. The highest BCUT2D eigenvalue weighted by Crippen LogP contribution is 2.28. The van der Waals surface area contributed by atoms with E-state index in [0.29, 0.717) is 6.54 Å². The van der Waals surface area contributed by atoms with Crippen molar-refractivity contribution in [1.29, 1.82) is 0 Å². The molecule has 2 aromatic rings. The SMILES string of the molecule is COc1ccc(CC(C)(CN)c2cccc(C)c2)cc1. The van der Waals surface area contributed by atoms with Crippen LogP contribution in [-0.4, -0.2) is 13.7 Å². The Bertz CT molecular complexity index is 562. The fraction of sp³-hybridized carbons (Fsp3) is 0.333. The van der Waals surface area contributed by atoms with Crippen molar-refractivity contribution in [1.82, 2.24) is 0 Å². The predicted molar refractivity (Wildman–Crippen MR) is 84.3 cm³/mol. The van der Waals surface area contributed by atoms with Crippen LogP contribution in [0.15, 0.2) is 48.5 Å². The molecule has 0 bridgehead atoms. The Morgan fingerprint density at radius 2 is 1.80 bits per heavy atom. The zero-order valence-electron chi connectivity index (χ0n) is 12.5. The molecule has 0 saturated heterocycles. The van der Waals surface area contributed by atoms with E-state index < -0.39 is 0 Å². The first kappa shape index (κ1) is 14.6. The highest BCUT2D eigenvalue weighted by molar-refractivity contribution is 5.34. The van der Waals surface area contributed by atoms with Crippen molar-refractivity contribution in [3.63, 3.8) is 0 Å². The molecular formula is C18H23NO. The number of ether oxygens (including phenoxy) is 1. The normalized spacial score (nSPS) is 13.8. The summed E-state index contributed by atoms with van der Waals surface area (Å²) in [4.78, 5) is 0. The van der Waals surface area contributed by atoms with Gasteiger partial charge in [0.2, 0.25) is 0 Å². The molecule has 2 heteroatoms. The lowest BCUT2D eigenvalue weighted by Crippen LogP contribution is -2.34. The molecule has 20 heavy (non-hydrogen) atoms. The summed E-state index contributed by atoms with van der Waals surface area (Å²) in [5.41, 5.74) is 9.88. The summed E-state index contributed by atoms with van der Waals surface area (Å²) < 4.78 is 5.20. The quantitative estimate of drug-likeness (QED) is 0.902. The minimum atomic E-state index is -0.0411. The predicted octanol–water partition coefficient (Wildman–Crippen LogP) is 3.46. The Morgan fingerprint density at radius 3 is 2.35 bits per heavy atom. The van der Waals surface area contributed by atoms with Crippen molar-refractivity contribution in [3.05, 3.63) is 65.2 Å². The highest BCUT2D eigenvalue weighted by Gasteiger charge is 2.25. The molecule has 0 heterocycles. The zero-order valence-corrected chi connectivity index (χ0v) is 12.5. The third-order valence-electron chi connectivity index (χ3n) is 3.92. The van der Waals surface area contributed by atoms with E-state index in [1.54, 1.807) is 7.11 Å². The molecule has 0 amide bonds. The van der Waals surface area contributed by atoms with Crippen LogP contribution >= 0.6 is 0 Å². The van der Waals surface area contributed by atoms with Crippen LogP contribution in [-0.2, 0) is 11.8 Å². The van der Waals surface area contributed by atoms with Gasteiger partial charge < -0.3 is 10.5 Å². The molecule has 2 rings (SSSR count). The van der Waals surface area contributed by atoms with E-state index >= 15 is 0 Å². The van der Waals surface area contributed by atoms with Gasteiger partial charge in [-0.15, -0.1) is 0 Å². The van der Waals surface area contributed by atoms with Crippen molar-refractivity contribution in [3.8, 4) is 5.75 Å². The van der Waals surface area contributed by atoms with Gasteiger partial charge >= 0.3 is 0 Å². The number of hydrogen-bond donors (Lipinski definition) is 1. The number of aryl methyl sites for hydroxylation is 1. The standard InChI is InChI=1S/C18H23NO/c1-14-5-4-6-16(11-14)18(2,13-19)12-15-7-9-17(20-3)10-8-15/h4-11H,12-13,19H2,1-3H3. The first-order chi connectivity index (χ1) is 9.57. The van der Waals surface area contributed by atoms with Gasteiger partial charge in [0.1, 0.15) is 5.75 Å². The van der Waals surface area contributed by atoms with Crippen LogP contribution in [0.2, 0.25) is 0 Å². The number of nitrogens with two attached hydrogens (primary N) is 1. The van der Waals surface area contributed by atoms with Gasteiger partial charge in [-0.05, 0) is 36.6 Å². The minimum absolute atomic E-state index is 0.0411. The van der Waals surface area contributed by atoms with Crippen molar-refractivity contribution in [2.45, 2.75) is 25.7 Å². The van der Waals surface area contributed by atoms with E-state index in [4.69, 9.17) is 10.5 Å². The number of methoxy groups -OCH3 is 1. The fourth-order valence-corrected chi connectivity index (χ4v) is 2.51.